The molecule has 1 heterocycles. The summed E-state index contributed by atoms with van der Waals surface area (Å²) in [6.45, 7) is 5.72. The first-order valence-corrected chi connectivity index (χ1v) is 8.27. The molecule has 2 fully saturated rings. The number of benzene rings is 1. The van der Waals surface area contributed by atoms with Crippen molar-refractivity contribution in [2.24, 2.45) is 17.6 Å². The number of rotatable bonds is 3. The molecule has 2 aliphatic rings. The monoisotopic (exact) mass is 272 g/mol. The third kappa shape index (κ3) is 3.07. The second-order valence-corrected chi connectivity index (χ2v) is 6.82. The van der Waals surface area contributed by atoms with E-state index in [1.54, 1.807) is 0 Å². The van der Waals surface area contributed by atoms with Crippen LogP contribution in [-0.4, -0.2) is 24.5 Å². The summed E-state index contributed by atoms with van der Waals surface area (Å²) in [7, 11) is 0. The molecule has 0 aromatic heterocycles. The van der Waals surface area contributed by atoms with Crippen molar-refractivity contribution in [3.63, 3.8) is 0 Å². The zero-order chi connectivity index (χ0) is 13.9. The van der Waals surface area contributed by atoms with E-state index in [-0.39, 0.29) is 6.04 Å². The highest BCUT2D eigenvalue weighted by atomic mass is 15.1. The number of hydrogen-bond acceptors (Lipinski definition) is 2. The van der Waals surface area contributed by atoms with E-state index in [9.17, 15) is 0 Å². The molecule has 20 heavy (non-hydrogen) atoms. The maximum Gasteiger partial charge on any atom is 0.0426 e. The van der Waals surface area contributed by atoms with E-state index in [0.717, 1.165) is 18.4 Å². The predicted molar refractivity (Wildman–Crippen MR) is 84.6 cm³/mol. The Bertz CT molecular complexity index is 443. The average Bonchev–Trinajstić information content (AvgIpc) is 2.47. The van der Waals surface area contributed by atoms with Gasteiger partial charge in [-0.3, -0.25) is 0 Å². The standard InChI is InChI=1S/C18H28N2/c1-14-6-2-5-9-17(14)18(19)13-20-11-10-15-7-3-4-8-16(15)12-20/h2,5-6,9,15-16,18H,3-4,7-8,10-13,19H2,1H3. The maximum absolute atomic E-state index is 6.45. The summed E-state index contributed by atoms with van der Waals surface area (Å²) in [6.07, 6.45) is 7.22. The van der Waals surface area contributed by atoms with Gasteiger partial charge < -0.3 is 10.6 Å². The van der Waals surface area contributed by atoms with E-state index < -0.39 is 0 Å². The number of hydrogen-bond donors (Lipinski definition) is 1. The van der Waals surface area contributed by atoms with Crippen LogP contribution in [-0.2, 0) is 0 Å². The third-order valence-corrected chi connectivity index (χ3v) is 5.42. The molecule has 3 atom stereocenters. The van der Waals surface area contributed by atoms with Gasteiger partial charge in [0.25, 0.3) is 0 Å². The van der Waals surface area contributed by atoms with Gasteiger partial charge in [-0.1, -0.05) is 43.5 Å². The molecule has 0 amide bonds. The largest absolute Gasteiger partial charge is 0.323 e. The average molecular weight is 272 g/mol. The Morgan fingerprint density at radius 1 is 1.15 bits per heavy atom. The van der Waals surface area contributed by atoms with Crippen molar-refractivity contribution in [3.8, 4) is 0 Å². The minimum Gasteiger partial charge on any atom is -0.323 e. The van der Waals surface area contributed by atoms with E-state index >= 15 is 0 Å². The van der Waals surface area contributed by atoms with Gasteiger partial charge in [-0.05, 0) is 49.3 Å². The van der Waals surface area contributed by atoms with Crippen molar-refractivity contribution in [1.29, 1.82) is 0 Å². The van der Waals surface area contributed by atoms with Gasteiger partial charge in [-0.25, -0.2) is 0 Å². The first kappa shape index (κ1) is 14.1. The Morgan fingerprint density at radius 2 is 1.90 bits per heavy atom. The van der Waals surface area contributed by atoms with Crippen molar-refractivity contribution in [2.45, 2.75) is 45.1 Å². The second-order valence-electron chi connectivity index (χ2n) is 6.82. The molecule has 0 bridgehead atoms. The van der Waals surface area contributed by atoms with Crippen molar-refractivity contribution in [3.05, 3.63) is 35.4 Å². The molecule has 1 saturated carbocycles. The lowest BCUT2D eigenvalue weighted by Gasteiger charge is -2.42. The zero-order valence-electron chi connectivity index (χ0n) is 12.7. The van der Waals surface area contributed by atoms with Gasteiger partial charge in [-0.2, -0.15) is 0 Å². The number of piperidine rings is 1. The Kier molecular flexibility index (Phi) is 4.42. The van der Waals surface area contributed by atoms with Crippen LogP contribution in [0.5, 0.6) is 0 Å². The summed E-state index contributed by atoms with van der Waals surface area (Å²) in [5, 5.41) is 0. The molecule has 2 nitrogen and oxygen atoms in total. The Hall–Kier alpha value is -0.860. The van der Waals surface area contributed by atoms with Crippen LogP contribution in [0.3, 0.4) is 0 Å². The minimum absolute atomic E-state index is 0.163. The van der Waals surface area contributed by atoms with Crippen LogP contribution in [0.25, 0.3) is 0 Å². The summed E-state index contributed by atoms with van der Waals surface area (Å²) in [5.41, 5.74) is 9.10. The summed E-state index contributed by atoms with van der Waals surface area (Å²) in [5.74, 6) is 1.95. The molecule has 0 radical (unpaired) electrons. The van der Waals surface area contributed by atoms with Crippen LogP contribution < -0.4 is 5.73 Å². The topological polar surface area (TPSA) is 29.3 Å². The summed E-state index contributed by atoms with van der Waals surface area (Å²) < 4.78 is 0. The molecule has 1 saturated heterocycles. The van der Waals surface area contributed by atoms with Gasteiger partial charge in [0.2, 0.25) is 0 Å². The van der Waals surface area contributed by atoms with Crippen molar-refractivity contribution >= 4 is 0 Å². The van der Waals surface area contributed by atoms with Crippen LogP contribution in [0.4, 0.5) is 0 Å². The molecule has 0 spiro atoms. The van der Waals surface area contributed by atoms with E-state index in [1.807, 2.05) is 0 Å². The van der Waals surface area contributed by atoms with E-state index in [1.165, 1.54) is 56.3 Å². The number of nitrogens with zero attached hydrogens (tertiary/aromatic N) is 1. The lowest BCUT2D eigenvalue weighted by atomic mass is 9.75. The highest BCUT2D eigenvalue weighted by molar-refractivity contribution is 5.28. The second kappa shape index (κ2) is 6.28. The molecule has 3 rings (SSSR count). The van der Waals surface area contributed by atoms with Crippen molar-refractivity contribution < 1.29 is 0 Å². The highest BCUT2D eigenvalue weighted by Crippen LogP contribution is 2.36. The molecule has 110 valence electrons. The molecule has 1 aliphatic carbocycles. The SMILES string of the molecule is Cc1ccccc1C(N)CN1CCC2CCCCC2C1. The number of nitrogens with two attached hydrogens (primary N) is 1. The number of aryl methyl sites for hydroxylation is 1. The first-order valence-electron chi connectivity index (χ1n) is 8.27. The van der Waals surface area contributed by atoms with Crippen molar-refractivity contribution in [2.75, 3.05) is 19.6 Å². The fraction of sp³-hybridized carbons (Fsp3) is 0.667. The molecule has 2 N–H and O–H groups in total. The molecule has 1 aliphatic heterocycles. The highest BCUT2D eigenvalue weighted by Gasteiger charge is 2.31. The van der Waals surface area contributed by atoms with Crippen LogP contribution in [0.1, 0.15) is 49.3 Å². The molecule has 1 aromatic rings. The molecule has 2 heteroatoms. The first-order chi connectivity index (χ1) is 9.74. The Morgan fingerprint density at radius 3 is 2.70 bits per heavy atom. The van der Waals surface area contributed by atoms with Gasteiger partial charge in [-0.15, -0.1) is 0 Å². The molecule has 1 aromatic carbocycles. The zero-order valence-corrected chi connectivity index (χ0v) is 12.7. The Balaban J connectivity index is 1.59. The van der Waals surface area contributed by atoms with Crippen LogP contribution in [0.2, 0.25) is 0 Å². The van der Waals surface area contributed by atoms with Crippen LogP contribution in [0.15, 0.2) is 24.3 Å². The molecule has 3 unspecified atom stereocenters. The minimum atomic E-state index is 0.163. The predicted octanol–water partition coefficient (Wildman–Crippen LogP) is 3.51. The van der Waals surface area contributed by atoms with Crippen LogP contribution in [0, 0.1) is 18.8 Å². The van der Waals surface area contributed by atoms with Gasteiger partial charge >= 0.3 is 0 Å². The number of likely N-dealkylation sites (tertiary alicyclic amines) is 1. The smallest absolute Gasteiger partial charge is 0.0426 e. The molecular formula is C18H28N2. The third-order valence-electron chi connectivity index (χ3n) is 5.42. The fourth-order valence-electron chi connectivity index (χ4n) is 4.22. The maximum atomic E-state index is 6.45. The van der Waals surface area contributed by atoms with Gasteiger partial charge in [0, 0.05) is 19.1 Å². The lowest BCUT2D eigenvalue weighted by Crippen LogP contribution is -2.44. The normalized spacial score (nSPS) is 28.9. The van der Waals surface area contributed by atoms with E-state index in [0.29, 0.717) is 0 Å². The van der Waals surface area contributed by atoms with E-state index in [2.05, 4.69) is 36.1 Å². The molecular weight excluding hydrogens is 244 g/mol. The number of fused-ring (bicyclic) bond motifs is 1. The van der Waals surface area contributed by atoms with E-state index in [4.69, 9.17) is 5.73 Å². The van der Waals surface area contributed by atoms with Gasteiger partial charge in [0.1, 0.15) is 0 Å². The quantitative estimate of drug-likeness (QED) is 0.912. The van der Waals surface area contributed by atoms with Gasteiger partial charge in [0.05, 0.1) is 0 Å². The van der Waals surface area contributed by atoms with Crippen molar-refractivity contribution in [1.82, 2.24) is 4.90 Å². The van der Waals surface area contributed by atoms with Crippen LogP contribution >= 0.6 is 0 Å². The Labute approximate surface area is 123 Å². The van der Waals surface area contributed by atoms with Gasteiger partial charge in [0.15, 0.2) is 0 Å². The summed E-state index contributed by atoms with van der Waals surface area (Å²) in [6, 6.07) is 8.72. The summed E-state index contributed by atoms with van der Waals surface area (Å²) >= 11 is 0. The summed E-state index contributed by atoms with van der Waals surface area (Å²) in [4.78, 5) is 2.61. The lowest BCUT2D eigenvalue weighted by molar-refractivity contribution is 0.0827. The fourth-order valence-corrected chi connectivity index (χ4v) is 4.22.